The molecule has 0 amide bonds. The van der Waals surface area contributed by atoms with E-state index in [0.29, 0.717) is 18.3 Å². The fourth-order valence-corrected chi connectivity index (χ4v) is 3.44. The summed E-state index contributed by atoms with van der Waals surface area (Å²) in [5.74, 6) is 1.75. The number of nitrogens with zero attached hydrogens (tertiary/aromatic N) is 3. The van der Waals surface area contributed by atoms with Crippen molar-refractivity contribution in [2.24, 2.45) is 0 Å². The predicted molar refractivity (Wildman–Crippen MR) is 87.4 cm³/mol. The van der Waals surface area contributed by atoms with Crippen molar-refractivity contribution >= 4 is 11.0 Å². The zero-order chi connectivity index (χ0) is 15.8. The van der Waals surface area contributed by atoms with Gasteiger partial charge in [-0.2, -0.15) is 4.98 Å². The van der Waals surface area contributed by atoms with E-state index in [1.54, 1.807) is 4.57 Å². The number of benzene rings is 1. The number of fused-ring (bicyclic) bond motifs is 1. The maximum absolute atomic E-state index is 12.0. The van der Waals surface area contributed by atoms with Gasteiger partial charge < -0.3 is 9.51 Å². The fraction of sp³-hybridized carbons (Fsp3) is 0.471. The van der Waals surface area contributed by atoms with Gasteiger partial charge in [0, 0.05) is 18.0 Å². The SMILES string of the molecule is CCCn1c(=O)[nH]c2cc(-c3noc(C4CCCC4)n3)ccc21. The minimum atomic E-state index is -0.0706. The minimum absolute atomic E-state index is 0.0706. The molecule has 0 unspecified atom stereocenters. The molecule has 3 aromatic rings. The van der Waals surface area contributed by atoms with Crippen molar-refractivity contribution in [3.63, 3.8) is 0 Å². The minimum Gasteiger partial charge on any atom is -0.339 e. The average molecular weight is 312 g/mol. The number of aromatic nitrogens is 4. The van der Waals surface area contributed by atoms with Crippen molar-refractivity contribution in [3.8, 4) is 11.4 Å². The number of hydrogen-bond donors (Lipinski definition) is 1. The molecule has 0 aliphatic heterocycles. The number of nitrogens with one attached hydrogen (secondary N) is 1. The number of aromatic amines is 1. The molecule has 23 heavy (non-hydrogen) atoms. The molecule has 1 saturated carbocycles. The molecule has 6 nitrogen and oxygen atoms in total. The van der Waals surface area contributed by atoms with E-state index in [1.807, 2.05) is 18.2 Å². The van der Waals surface area contributed by atoms with Crippen LogP contribution in [0, 0.1) is 0 Å². The zero-order valence-corrected chi connectivity index (χ0v) is 13.2. The number of hydrogen-bond acceptors (Lipinski definition) is 4. The number of imidazole rings is 1. The first-order valence-electron chi connectivity index (χ1n) is 8.33. The third-order valence-corrected chi connectivity index (χ3v) is 4.63. The van der Waals surface area contributed by atoms with Crippen LogP contribution in [0.4, 0.5) is 0 Å². The summed E-state index contributed by atoms with van der Waals surface area (Å²) in [6.07, 6.45) is 5.66. The van der Waals surface area contributed by atoms with Crippen LogP contribution < -0.4 is 5.69 Å². The molecule has 2 heterocycles. The Labute approximate surface area is 133 Å². The summed E-state index contributed by atoms with van der Waals surface area (Å²) in [6, 6.07) is 5.82. The van der Waals surface area contributed by atoms with Gasteiger partial charge in [-0.25, -0.2) is 4.79 Å². The van der Waals surface area contributed by atoms with Crippen LogP contribution in [0.1, 0.15) is 50.8 Å². The third-order valence-electron chi connectivity index (χ3n) is 4.63. The molecular formula is C17H20N4O2. The summed E-state index contributed by atoms with van der Waals surface area (Å²) >= 11 is 0. The summed E-state index contributed by atoms with van der Waals surface area (Å²) in [7, 11) is 0. The van der Waals surface area contributed by atoms with E-state index in [0.717, 1.165) is 41.8 Å². The second kappa shape index (κ2) is 5.68. The molecule has 1 N–H and O–H groups in total. The van der Waals surface area contributed by atoms with E-state index in [-0.39, 0.29) is 5.69 Å². The van der Waals surface area contributed by atoms with Crippen LogP contribution >= 0.6 is 0 Å². The van der Waals surface area contributed by atoms with Gasteiger partial charge in [-0.3, -0.25) is 4.57 Å². The third kappa shape index (κ3) is 2.48. The second-order valence-corrected chi connectivity index (χ2v) is 6.25. The van der Waals surface area contributed by atoms with E-state index in [9.17, 15) is 4.79 Å². The summed E-state index contributed by atoms with van der Waals surface area (Å²) in [4.78, 5) is 19.5. The van der Waals surface area contributed by atoms with Gasteiger partial charge in [0.2, 0.25) is 11.7 Å². The Morgan fingerprint density at radius 1 is 1.35 bits per heavy atom. The summed E-state index contributed by atoms with van der Waals surface area (Å²) in [5.41, 5.74) is 2.53. The summed E-state index contributed by atoms with van der Waals surface area (Å²) in [6.45, 7) is 2.77. The first-order chi connectivity index (χ1) is 11.3. The lowest BCUT2D eigenvalue weighted by Crippen LogP contribution is -2.16. The smallest absolute Gasteiger partial charge is 0.326 e. The summed E-state index contributed by atoms with van der Waals surface area (Å²) < 4.78 is 7.21. The van der Waals surface area contributed by atoms with Crippen molar-refractivity contribution in [2.75, 3.05) is 0 Å². The standard InChI is InChI=1S/C17H20N4O2/c1-2-9-21-14-8-7-12(10-13(14)18-17(21)22)15-19-16(23-20-15)11-5-3-4-6-11/h7-8,10-11H,2-6,9H2,1H3,(H,18,22). The Balaban J connectivity index is 1.70. The molecule has 120 valence electrons. The normalized spacial score (nSPS) is 15.7. The van der Waals surface area contributed by atoms with Crippen molar-refractivity contribution in [1.82, 2.24) is 19.7 Å². The summed E-state index contributed by atoms with van der Waals surface area (Å²) in [5, 5.41) is 4.12. The average Bonchev–Trinajstić information content (AvgIpc) is 3.26. The highest BCUT2D eigenvalue weighted by Crippen LogP contribution is 2.34. The van der Waals surface area contributed by atoms with E-state index in [1.165, 1.54) is 12.8 Å². The van der Waals surface area contributed by atoms with Crippen molar-refractivity contribution in [3.05, 3.63) is 34.6 Å². The van der Waals surface area contributed by atoms with Crippen molar-refractivity contribution in [2.45, 2.75) is 51.5 Å². The molecule has 4 rings (SSSR count). The first-order valence-corrected chi connectivity index (χ1v) is 8.33. The van der Waals surface area contributed by atoms with Gasteiger partial charge in [-0.05, 0) is 37.5 Å². The molecule has 1 aliphatic rings. The molecule has 6 heteroatoms. The fourth-order valence-electron chi connectivity index (χ4n) is 3.44. The van der Waals surface area contributed by atoms with Gasteiger partial charge in [0.25, 0.3) is 0 Å². The number of H-pyrrole nitrogens is 1. The lowest BCUT2D eigenvalue weighted by atomic mass is 10.1. The van der Waals surface area contributed by atoms with Gasteiger partial charge >= 0.3 is 5.69 Å². The van der Waals surface area contributed by atoms with Crippen LogP contribution in [0.5, 0.6) is 0 Å². The first kappa shape index (κ1) is 14.2. The lowest BCUT2D eigenvalue weighted by Gasteiger charge is -2.01. The molecule has 2 aromatic heterocycles. The molecule has 0 bridgehead atoms. The zero-order valence-electron chi connectivity index (χ0n) is 13.2. The lowest BCUT2D eigenvalue weighted by molar-refractivity contribution is 0.354. The van der Waals surface area contributed by atoms with E-state index >= 15 is 0 Å². The quantitative estimate of drug-likeness (QED) is 0.800. The van der Waals surface area contributed by atoms with Crippen LogP contribution in [-0.4, -0.2) is 19.7 Å². The molecule has 0 spiro atoms. The van der Waals surface area contributed by atoms with Gasteiger partial charge in [-0.1, -0.05) is 24.9 Å². The highest BCUT2D eigenvalue weighted by atomic mass is 16.5. The van der Waals surface area contributed by atoms with Gasteiger partial charge in [0.15, 0.2) is 0 Å². The molecule has 1 aliphatic carbocycles. The Bertz CT molecular complexity index is 884. The highest BCUT2D eigenvalue weighted by Gasteiger charge is 2.23. The Kier molecular flexibility index (Phi) is 3.52. The largest absolute Gasteiger partial charge is 0.339 e. The Morgan fingerprint density at radius 3 is 2.96 bits per heavy atom. The molecule has 0 saturated heterocycles. The molecular weight excluding hydrogens is 292 g/mol. The van der Waals surface area contributed by atoms with E-state index < -0.39 is 0 Å². The predicted octanol–water partition coefficient (Wildman–Crippen LogP) is 3.45. The molecule has 0 radical (unpaired) electrons. The monoisotopic (exact) mass is 312 g/mol. The van der Waals surface area contributed by atoms with Gasteiger partial charge in [-0.15, -0.1) is 0 Å². The van der Waals surface area contributed by atoms with Crippen molar-refractivity contribution in [1.29, 1.82) is 0 Å². The van der Waals surface area contributed by atoms with Crippen LogP contribution in [0.25, 0.3) is 22.4 Å². The van der Waals surface area contributed by atoms with Crippen LogP contribution in [-0.2, 0) is 6.54 Å². The molecule has 0 atom stereocenters. The van der Waals surface area contributed by atoms with E-state index in [4.69, 9.17) is 4.52 Å². The Morgan fingerprint density at radius 2 is 2.17 bits per heavy atom. The highest BCUT2D eigenvalue weighted by molar-refractivity contribution is 5.80. The van der Waals surface area contributed by atoms with Crippen LogP contribution in [0.15, 0.2) is 27.5 Å². The Hall–Kier alpha value is -2.37. The number of rotatable bonds is 4. The topological polar surface area (TPSA) is 76.7 Å². The maximum atomic E-state index is 12.0. The second-order valence-electron chi connectivity index (χ2n) is 6.25. The molecule has 1 aromatic carbocycles. The number of aryl methyl sites for hydroxylation is 1. The maximum Gasteiger partial charge on any atom is 0.326 e. The van der Waals surface area contributed by atoms with Crippen LogP contribution in [0.3, 0.4) is 0 Å². The van der Waals surface area contributed by atoms with Gasteiger partial charge in [0.1, 0.15) is 0 Å². The van der Waals surface area contributed by atoms with Crippen molar-refractivity contribution < 1.29 is 4.52 Å². The van der Waals surface area contributed by atoms with Gasteiger partial charge in [0.05, 0.1) is 11.0 Å². The van der Waals surface area contributed by atoms with E-state index in [2.05, 4.69) is 22.0 Å². The molecule has 1 fully saturated rings. The van der Waals surface area contributed by atoms with Crippen LogP contribution in [0.2, 0.25) is 0 Å².